The van der Waals surface area contributed by atoms with Crippen LogP contribution in [0.1, 0.15) is 0 Å². The van der Waals surface area contributed by atoms with Gasteiger partial charge in [0.05, 0.1) is 23.6 Å². The Balaban J connectivity index is 1.80. The molecule has 4 aromatic rings. The molecule has 7 heteroatoms. The lowest BCUT2D eigenvalue weighted by Crippen LogP contribution is -1.98. The molecule has 0 spiro atoms. The fraction of sp³-hybridized carbons (Fsp3) is 0. The van der Waals surface area contributed by atoms with Crippen molar-refractivity contribution in [2.45, 2.75) is 0 Å². The average molecular weight is 290 g/mol. The molecule has 0 aliphatic heterocycles. The van der Waals surface area contributed by atoms with Crippen LogP contribution in [0.15, 0.2) is 65.6 Å². The normalized spacial score (nSPS) is 10.7. The first kappa shape index (κ1) is 12.4. The van der Waals surface area contributed by atoms with Crippen molar-refractivity contribution in [1.29, 1.82) is 0 Å². The van der Waals surface area contributed by atoms with Gasteiger partial charge in [-0.3, -0.25) is 4.98 Å². The Labute approximate surface area is 125 Å². The van der Waals surface area contributed by atoms with Gasteiger partial charge in [-0.15, -0.1) is 5.10 Å². The molecule has 3 heterocycles. The predicted molar refractivity (Wildman–Crippen MR) is 77.9 cm³/mol. The summed E-state index contributed by atoms with van der Waals surface area (Å²) in [6, 6.07) is 13.2. The van der Waals surface area contributed by atoms with E-state index in [2.05, 4.69) is 25.4 Å². The average Bonchev–Trinajstić information content (AvgIpc) is 3.28. The Bertz CT molecular complexity index is 885. The maximum absolute atomic E-state index is 5.38. The smallest absolute Gasteiger partial charge is 0.260 e. The summed E-state index contributed by atoms with van der Waals surface area (Å²) in [5, 5.41) is 11.8. The van der Waals surface area contributed by atoms with E-state index >= 15 is 0 Å². The zero-order valence-electron chi connectivity index (χ0n) is 11.4. The van der Waals surface area contributed by atoms with Crippen molar-refractivity contribution in [3.63, 3.8) is 0 Å². The van der Waals surface area contributed by atoms with E-state index in [9.17, 15) is 0 Å². The van der Waals surface area contributed by atoms with Gasteiger partial charge in [-0.05, 0) is 24.3 Å². The van der Waals surface area contributed by atoms with Crippen LogP contribution in [-0.2, 0) is 0 Å². The first-order valence-corrected chi connectivity index (χ1v) is 6.63. The lowest BCUT2D eigenvalue weighted by molar-refractivity contribution is 0.432. The van der Waals surface area contributed by atoms with E-state index in [4.69, 9.17) is 4.52 Å². The highest BCUT2D eigenvalue weighted by molar-refractivity contribution is 5.67. The van der Waals surface area contributed by atoms with Gasteiger partial charge in [0.2, 0.25) is 5.82 Å². The Morgan fingerprint density at radius 2 is 1.86 bits per heavy atom. The van der Waals surface area contributed by atoms with Crippen molar-refractivity contribution in [2.24, 2.45) is 0 Å². The van der Waals surface area contributed by atoms with Crippen molar-refractivity contribution in [3.8, 4) is 28.7 Å². The molecule has 0 aliphatic rings. The molecule has 106 valence electrons. The highest BCUT2D eigenvalue weighted by atomic mass is 16.5. The van der Waals surface area contributed by atoms with Crippen LogP contribution in [-0.4, -0.2) is 30.1 Å². The SMILES string of the molecule is c1ccc(-c2noc(-c3ccccc3-n3ccnn3)n2)nc1. The van der Waals surface area contributed by atoms with Gasteiger partial charge in [0, 0.05) is 6.20 Å². The number of hydrogen-bond acceptors (Lipinski definition) is 6. The number of pyridine rings is 1. The number of nitrogens with zero attached hydrogens (tertiary/aromatic N) is 6. The molecule has 1 aromatic carbocycles. The minimum atomic E-state index is 0.409. The van der Waals surface area contributed by atoms with Crippen molar-refractivity contribution < 1.29 is 4.52 Å². The maximum Gasteiger partial charge on any atom is 0.260 e. The largest absolute Gasteiger partial charge is 0.333 e. The van der Waals surface area contributed by atoms with Crippen LogP contribution in [0.3, 0.4) is 0 Å². The van der Waals surface area contributed by atoms with Gasteiger partial charge in [-0.25, -0.2) is 4.68 Å². The Morgan fingerprint density at radius 3 is 2.68 bits per heavy atom. The number of benzene rings is 1. The molecule has 0 saturated carbocycles. The third kappa shape index (κ3) is 2.14. The summed E-state index contributed by atoms with van der Waals surface area (Å²) >= 11 is 0. The fourth-order valence-corrected chi connectivity index (χ4v) is 2.12. The van der Waals surface area contributed by atoms with Crippen LogP contribution in [0.5, 0.6) is 0 Å². The maximum atomic E-state index is 5.38. The number of aromatic nitrogens is 6. The first-order chi connectivity index (χ1) is 10.9. The summed E-state index contributed by atoms with van der Waals surface area (Å²) in [4.78, 5) is 8.64. The summed E-state index contributed by atoms with van der Waals surface area (Å²) in [6.07, 6.45) is 5.06. The van der Waals surface area contributed by atoms with Crippen LogP contribution >= 0.6 is 0 Å². The van der Waals surface area contributed by atoms with Crippen LogP contribution in [0.2, 0.25) is 0 Å². The standard InChI is InChI=1S/C15H10N6O/c1-2-7-13(21-10-9-17-20-21)11(5-1)15-18-14(19-22-15)12-6-3-4-8-16-12/h1-10H. The van der Waals surface area contributed by atoms with Gasteiger partial charge in [0.1, 0.15) is 5.69 Å². The highest BCUT2D eigenvalue weighted by Crippen LogP contribution is 2.26. The van der Waals surface area contributed by atoms with Crippen molar-refractivity contribution in [3.05, 3.63) is 61.1 Å². The van der Waals surface area contributed by atoms with Gasteiger partial charge in [-0.1, -0.05) is 28.6 Å². The molecule has 7 nitrogen and oxygen atoms in total. The lowest BCUT2D eigenvalue weighted by Gasteiger charge is -2.04. The molecule has 3 aromatic heterocycles. The molecule has 0 radical (unpaired) electrons. The minimum absolute atomic E-state index is 0.409. The molecule has 0 unspecified atom stereocenters. The van der Waals surface area contributed by atoms with Crippen LogP contribution < -0.4 is 0 Å². The van der Waals surface area contributed by atoms with E-state index in [1.807, 2.05) is 42.5 Å². The lowest BCUT2D eigenvalue weighted by atomic mass is 10.2. The molecular weight excluding hydrogens is 280 g/mol. The van der Waals surface area contributed by atoms with Crippen LogP contribution in [0.4, 0.5) is 0 Å². The number of hydrogen-bond donors (Lipinski definition) is 0. The molecule has 0 fully saturated rings. The summed E-state index contributed by atoms with van der Waals surface area (Å²) in [6.45, 7) is 0. The molecule has 0 saturated heterocycles. The molecule has 22 heavy (non-hydrogen) atoms. The van der Waals surface area contributed by atoms with E-state index in [-0.39, 0.29) is 0 Å². The van der Waals surface area contributed by atoms with Gasteiger partial charge in [0.25, 0.3) is 5.89 Å². The summed E-state index contributed by atoms with van der Waals surface area (Å²) in [5.41, 5.74) is 2.26. The summed E-state index contributed by atoms with van der Waals surface area (Å²) in [5.74, 6) is 0.857. The van der Waals surface area contributed by atoms with Gasteiger partial charge in [0.15, 0.2) is 0 Å². The summed E-state index contributed by atoms with van der Waals surface area (Å²) in [7, 11) is 0. The quantitative estimate of drug-likeness (QED) is 0.576. The fourth-order valence-electron chi connectivity index (χ4n) is 2.12. The van der Waals surface area contributed by atoms with E-state index < -0.39 is 0 Å². The second-order valence-electron chi connectivity index (χ2n) is 4.50. The Kier molecular flexibility index (Phi) is 2.93. The highest BCUT2D eigenvalue weighted by Gasteiger charge is 2.15. The van der Waals surface area contributed by atoms with Gasteiger partial charge >= 0.3 is 0 Å². The molecule has 0 aliphatic carbocycles. The molecule has 0 atom stereocenters. The van der Waals surface area contributed by atoms with Crippen molar-refractivity contribution in [1.82, 2.24) is 30.1 Å². The Hall–Kier alpha value is -3.35. The Morgan fingerprint density at radius 1 is 0.955 bits per heavy atom. The van der Waals surface area contributed by atoms with Crippen molar-refractivity contribution >= 4 is 0 Å². The van der Waals surface area contributed by atoms with Crippen LogP contribution in [0.25, 0.3) is 28.7 Å². The third-order valence-corrected chi connectivity index (χ3v) is 3.12. The topological polar surface area (TPSA) is 82.5 Å². The predicted octanol–water partition coefficient (Wildman–Crippen LogP) is 2.38. The second kappa shape index (κ2) is 5.21. The summed E-state index contributed by atoms with van der Waals surface area (Å²) < 4.78 is 7.03. The number of para-hydroxylation sites is 1. The zero-order chi connectivity index (χ0) is 14.8. The molecule has 0 amide bonds. The van der Waals surface area contributed by atoms with Crippen molar-refractivity contribution in [2.75, 3.05) is 0 Å². The number of rotatable bonds is 3. The molecule has 0 bridgehead atoms. The van der Waals surface area contributed by atoms with Gasteiger partial charge in [-0.2, -0.15) is 4.98 Å². The molecule has 0 N–H and O–H groups in total. The second-order valence-corrected chi connectivity index (χ2v) is 4.50. The molecule has 4 rings (SSSR count). The first-order valence-electron chi connectivity index (χ1n) is 6.63. The van der Waals surface area contributed by atoms with E-state index in [1.165, 1.54) is 0 Å². The van der Waals surface area contributed by atoms with Gasteiger partial charge < -0.3 is 4.52 Å². The van der Waals surface area contributed by atoms with E-state index in [0.29, 0.717) is 17.4 Å². The minimum Gasteiger partial charge on any atom is -0.333 e. The third-order valence-electron chi connectivity index (χ3n) is 3.12. The van der Waals surface area contributed by atoms with E-state index in [1.54, 1.807) is 23.3 Å². The monoisotopic (exact) mass is 290 g/mol. The van der Waals surface area contributed by atoms with E-state index in [0.717, 1.165) is 11.3 Å². The zero-order valence-corrected chi connectivity index (χ0v) is 11.4. The molecular formula is C15H10N6O. The van der Waals surface area contributed by atoms with Crippen LogP contribution in [0, 0.1) is 0 Å².